The second-order valence-electron chi connectivity index (χ2n) is 5.23. The van der Waals surface area contributed by atoms with E-state index in [0.29, 0.717) is 12.1 Å². The minimum absolute atomic E-state index is 0.299. The van der Waals surface area contributed by atoms with Gasteiger partial charge < -0.3 is 10.1 Å². The summed E-state index contributed by atoms with van der Waals surface area (Å²) < 4.78 is 5.66. The van der Waals surface area contributed by atoms with Gasteiger partial charge in [-0.3, -0.25) is 4.90 Å². The number of halogens is 1. The van der Waals surface area contributed by atoms with Crippen LogP contribution in [0, 0.1) is 0 Å². The van der Waals surface area contributed by atoms with E-state index in [9.17, 15) is 0 Å². The van der Waals surface area contributed by atoms with Crippen LogP contribution in [0.5, 0.6) is 0 Å². The smallest absolute Gasteiger partial charge is 0.0597 e. The monoisotopic (exact) mass is 282 g/mol. The summed E-state index contributed by atoms with van der Waals surface area (Å²) in [6.45, 7) is 8.98. The van der Waals surface area contributed by atoms with Crippen molar-refractivity contribution in [3.63, 3.8) is 0 Å². The third kappa shape index (κ3) is 4.46. The summed E-state index contributed by atoms with van der Waals surface area (Å²) in [4.78, 5) is 2.48. The second-order valence-corrected chi connectivity index (χ2v) is 5.67. The van der Waals surface area contributed by atoms with E-state index in [1.165, 1.54) is 5.56 Å². The Hall–Kier alpha value is -0.610. The molecule has 1 aromatic carbocycles. The highest BCUT2D eigenvalue weighted by Crippen LogP contribution is 2.24. The lowest BCUT2D eigenvalue weighted by atomic mass is 10.0. The summed E-state index contributed by atoms with van der Waals surface area (Å²) in [6, 6.07) is 8.56. The van der Waals surface area contributed by atoms with E-state index >= 15 is 0 Å². The predicted molar refractivity (Wildman–Crippen MR) is 79.7 cm³/mol. The molecule has 2 rings (SSSR count). The van der Waals surface area contributed by atoms with Gasteiger partial charge in [0.1, 0.15) is 0 Å². The zero-order chi connectivity index (χ0) is 13.7. The molecule has 0 bridgehead atoms. The molecular formula is C15H23ClN2O. The Kier molecular flexibility index (Phi) is 5.64. The molecule has 1 N–H and O–H groups in total. The fraction of sp³-hybridized carbons (Fsp3) is 0.600. The molecule has 3 nitrogen and oxygen atoms in total. The van der Waals surface area contributed by atoms with Crippen LogP contribution in [0.1, 0.15) is 25.5 Å². The maximum Gasteiger partial charge on any atom is 0.0597 e. The van der Waals surface area contributed by atoms with Crippen LogP contribution in [-0.2, 0) is 4.74 Å². The van der Waals surface area contributed by atoms with Crippen LogP contribution in [0.15, 0.2) is 24.3 Å². The molecule has 106 valence electrons. The number of hydrogen-bond donors (Lipinski definition) is 1. The van der Waals surface area contributed by atoms with Gasteiger partial charge in [-0.05, 0) is 31.5 Å². The molecule has 0 aromatic heterocycles. The van der Waals surface area contributed by atoms with E-state index in [4.69, 9.17) is 16.3 Å². The fourth-order valence-electron chi connectivity index (χ4n) is 2.46. The molecule has 1 unspecified atom stereocenters. The highest BCUT2D eigenvalue weighted by molar-refractivity contribution is 6.30. The number of ether oxygens (including phenoxy) is 1. The quantitative estimate of drug-likeness (QED) is 0.899. The van der Waals surface area contributed by atoms with E-state index < -0.39 is 0 Å². The van der Waals surface area contributed by atoms with Gasteiger partial charge in [0.15, 0.2) is 0 Å². The van der Waals surface area contributed by atoms with E-state index in [1.807, 2.05) is 12.1 Å². The molecule has 19 heavy (non-hydrogen) atoms. The molecule has 1 fully saturated rings. The highest BCUT2D eigenvalue weighted by atomic mass is 35.5. The minimum atomic E-state index is 0.299. The van der Waals surface area contributed by atoms with Gasteiger partial charge in [0.25, 0.3) is 0 Å². The highest BCUT2D eigenvalue weighted by Gasteiger charge is 2.23. The predicted octanol–water partition coefficient (Wildman–Crippen LogP) is 2.71. The molecule has 1 atom stereocenters. The lowest BCUT2D eigenvalue weighted by Gasteiger charge is -2.36. The van der Waals surface area contributed by atoms with Crippen molar-refractivity contribution in [2.75, 3.05) is 32.8 Å². The molecule has 1 aliphatic heterocycles. The van der Waals surface area contributed by atoms with Crippen LogP contribution < -0.4 is 5.32 Å². The van der Waals surface area contributed by atoms with E-state index in [1.54, 1.807) is 0 Å². The van der Waals surface area contributed by atoms with Crippen molar-refractivity contribution < 1.29 is 4.74 Å². The van der Waals surface area contributed by atoms with Crippen molar-refractivity contribution in [3.8, 4) is 0 Å². The molecule has 0 aliphatic carbocycles. The maximum atomic E-state index is 6.09. The molecule has 0 saturated carbocycles. The first-order valence-electron chi connectivity index (χ1n) is 6.98. The van der Waals surface area contributed by atoms with Crippen molar-refractivity contribution in [1.29, 1.82) is 0 Å². The van der Waals surface area contributed by atoms with Gasteiger partial charge in [-0.1, -0.05) is 23.7 Å². The zero-order valence-corrected chi connectivity index (χ0v) is 12.5. The molecule has 0 spiro atoms. The molecule has 0 radical (unpaired) electrons. The zero-order valence-electron chi connectivity index (χ0n) is 11.7. The lowest BCUT2D eigenvalue weighted by Crippen LogP contribution is -2.47. The van der Waals surface area contributed by atoms with Gasteiger partial charge >= 0.3 is 0 Å². The van der Waals surface area contributed by atoms with Gasteiger partial charge in [-0.25, -0.2) is 0 Å². The summed E-state index contributed by atoms with van der Waals surface area (Å²) in [6.07, 6.45) is 0.299. The summed E-state index contributed by atoms with van der Waals surface area (Å²) in [5, 5.41) is 4.26. The van der Waals surface area contributed by atoms with Gasteiger partial charge in [0.2, 0.25) is 0 Å². The van der Waals surface area contributed by atoms with Crippen molar-refractivity contribution >= 4 is 11.6 Å². The van der Waals surface area contributed by atoms with Gasteiger partial charge in [-0.2, -0.15) is 0 Å². The Morgan fingerprint density at radius 1 is 1.47 bits per heavy atom. The Bertz CT molecular complexity index is 397. The number of nitrogens with one attached hydrogen (secondary N) is 1. The number of benzene rings is 1. The average molecular weight is 283 g/mol. The minimum Gasteiger partial charge on any atom is -0.377 e. The topological polar surface area (TPSA) is 24.5 Å². The summed E-state index contributed by atoms with van der Waals surface area (Å²) in [5.74, 6) is 0. The molecular weight excluding hydrogens is 260 g/mol. The van der Waals surface area contributed by atoms with E-state index in [0.717, 1.165) is 37.8 Å². The van der Waals surface area contributed by atoms with Gasteiger partial charge in [-0.15, -0.1) is 0 Å². The number of piperazine rings is 1. The number of rotatable bonds is 5. The average Bonchev–Trinajstić information content (AvgIpc) is 2.39. The lowest BCUT2D eigenvalue weighted by molar-refractivity contribution is 0.0430. The van der Waals surface area contributed by atoms with Crippen LogP contribution in [-0.4, -0.2) is 43.8 Å². The molecule has 1 saturated heterocycles. The largest absolute Gasteiger partial charge is 0.377 e. The van der Waals surface area contributed by atoms with Crippen molar-refractivity contribution in [2.24, 2.45) is 0 Å². The molecule has 1 heterocycles. The van der Waals surface area contributed by atoms with Crippen molar-refractivity contribution in [3.05, 3.63) is 34.9 Å². The second kappa shape index (κ2) is 7.25. The fourth-order valence-corrected chi connectivity index (χ4v) is 2.66. The normalized spacial score (nSPS) is 20.9. The van der Waals surface area contributed by atoms with E-state index in [-0.39, 0.29) is 0 Å². The first-order chi connectivity index (χ1) is 9.16. The van der Waals surface area contributed by atoms with Crippen LogP contribution in [0.3, 0.4) is 0 Å². The van der Waals surface area contributed by atoms with Crippen molar-refractivity contribution in [2.45, 2.75) is 26.0 Å². The Morgan fingerprint density at radius 2 is 2.32 bits per heavy atom. The van der Waals surface area contributed by atoms with E-state index in [2.05, 4.69) is 36.2 Å². The number of nitrogens with zero attached hydrogens (tertiary/aromatic N) is 1. The Labute approximate surface area is 120 Å². The van der Waals surface area contributed by atoms with Crippen molar-refractivity contribution in [1.82, 2.24) is 10.2 Å². The van der Waals surface area contributed by atoms with Gasteiger partial charge in [0.05, 0.1) is 12.7 Å². The van der Waals surface area contributed by atoms with Gasteiger partial charge in [0, 0.05) is 37.2 Å². The number of hydrogen-bond acceptors (Lipinski definition) is 3. The van der Waals surface area contributed by atoms with Crippen LogP contribution in [0.25, 0.3) is 0 Å². The third-order valence-electron chi connectivity index (χ3n) is 3.42. The molecule has 4 heteroatoms. The SMILES string of the molecule is CC(C)OCCN1CCNCC1c1cccc(Cl)c1. The molecule has 1 aliphatic rings. The summed E-state index contributed by atoms with van der Waals surface area (Å²) >= 11 is 6.09. The summed E-state index contributed by atoms with van der Waals surface area (Å²) in [5.41, 5.74) is 1.28. The van der Waals surface area contributed by atoms with Crippen LogP contribution >= 0.6 is 11.6 Å². The Morgan fingerprint density at radius 3 is 3.05 bits per heavy atom. The third-order valence-corrected chi connectivity index (χ3v) is 3.65. The molecule has 0 amide bonds. The first-order valence-corrected chi connectivity index (χ1v) is 7.36. The van der Waals surface area contributed by atoms with Crippen LogP contribution in [0.2, 0.25) is 5.02 Å². The Balaban J connectivity index is 1.99. The van der Waals surface area contributed by atoms with Crippen LogP contribution in [0.4, 0.5) is 0 Å². The first kappa shape index (κ1) is 14.8. The standard InChI is InChI=1S/C15H23ClN2O/c1-12(2)19-9-8-18-7-6-17-11-15(18)13-4-3-5-14(16)10-13/h3-5,10,12,15,17H,6-9,11H2,1-2H3. The summed E-state index contributed by atoms with van der Waals surface area (Å²) in [7, 11) is 0. The molecule has 1 aromatic rings. The maximum absolute atomic E-state index is 6.09.